The second-order valence-corrected chi connectivity index (χ2v) is 8.49. The Kier molecular flexibility index (Phi) is 4.85. The highest BCUT2D eigenvalue weighted by Crippen LogP contribution is 2.50. The maximum atomic E-state index is 12.0. The van der Waals surface area contributed by atoms with Crippen molar-refractivity contribution in [2.75, 3.05) is 12.4 Å². The number of carbonyl (C=O) groups excluding carboxylic acids is 1. The Labute approximate surface area is 200 Å². The van der Waals surface area contributed by atoms with E-state index in [-0.39, 0.29) is 12.0 Å². The number of hydrogen-bond donors (Lipinski definition) is 1. The molecule has 2 aliphatic heterocycles. The highest BCUT2D eigenvalue weighted by atomic mass is 35.5. The summed E-state index contributed by atoms with van der Waals surface area (Å²) in [6.07, 6.45) is 1.09. The van der Waals surface area contributed by atoms with Gasteiger partial charge in [-0.3, -0.25) is 0 Å². The van der Waals surface area contributed by atoms with Crippen molar-refractivity contribution in [1.82, 2.24) is 14.8 Å². The van der Waals surface area contributed by atoms with Crippen molar-refractivity contribution in [2.24, 2.45) is 0 Å². The summed E-state index contributed by atoms with van der Waals surface area (Å²) >= 11 is 6.38. The molecule has 8 heteroatoms. The molecule has 2 aliphatic rings. The largest absolute Gasteiger partial charge is 0.480 e. The Morgan fingerprint density at radius 3 is 2.68 bits per heavy atom. The maximum Gasteiger partial charge on any atom is 0.337 e. The summed E-state index contributed by atoms with van der Waals surface area (Å²) in [5, 5.41) is 8.62. The summed E-state index contributed by atoms with van der Waals surface area (Å²) in [5.74, 6) is 1.01. The number of nitrogens with zero attached hydrogens (tertiary/aromatic N) is 3. The minimum absolute atomic E-state index is 0.300. The molecular weight excluding hydrogens is 452 g/mol. The van der Waals surface area contributed by atoms with Crippen LogP contribution in [0.25, 0.3) is 5.70 Å². The number of nitrogens with one attached hydrogen (secondary N) is 1. The fourth-order valence-corrected chi connectivity index (χ4v) is 4.80. The number of para-hydroxylation sites is 1. The lowest BCUT2D eigenvalue weighted by Gasteiger charge is -2.39. The molecule has 0 fully saturated rings. The van der Waals surface area contributed by atoms with Crippen LogP contribution in [0.2, 0.25) is 5.02 Å². The molecule has 7 nitrogen and oxygen atoms in total. The number of methoxy groups -OCH3 is 1. The Morgan fingerprint density at radius 1 is 1.06 bits per heavy atom. The molecule has 4 aromatic rings. The Bertz CT molecular complexity index is 1440. The van der Waals surface area contributed by atoms with Gasteiger partial charge in [-0.15, -0.1) is 0 Å². The third kappa shape index (κ3) is 3.24. The number of carbonyl (C=O) groups is 1. The first-order valence-electron chi connectivity index (χ1n) is 10.7. The first-order chi connectivity index (χ1) is 16.6. The Balaban J connectivity index is 1.57. The van der Waals surface area contributed by atoms with E-state index in [1.54, 1.807) is 12.1 Å². The van der Waals surface area contributed by atoms with Crippen molar-refractivity contribution < 1.29 is 14.3 Å². The van der Waals surface area contributed by atoms with Gasteiger partial charge in [-0.25, -0.2) is 9.48 Å². The van der Waals surface area contributed by atoms with Gasteiger partial charge in [0.1, 0.15) is 24.2 Å². The fourth-order valence-electron chi connectivity index (χ4n) is 4.60. The Hall–Kier alpha value is -4.10. The predicted molar refractivity (Wildman–Crippen MR) is 128 cm³/mol. The zero-order chi connectivity index (χ0) is 23.2. The molecule has 6 rings (SSSR count). The van der Waals surface area contributed by atoms with Gasteiger partial charge in [-0.1, -0.05) is 48.0 Å². The first-order valence-corrected chi connectivity index (χ1v) is 11.1. The zero-order valence-electron chi connectivity index (χ0n) is 18.1. The van der Waals surface area contributed by atoms with Gasteiger partial charge in [0, 0.05) is 16.2 Å². The van der Waals surface area contributed by atoms with Crippen molar-refractivity contribution in [3.63, 3.8) is 0 Å². The lowest BCUT2D eigenvalue weighted by Crippen LogP contribution is -2.32. The topological polar surface area (TPSA) is 78.3 Å². The number of anilines is 1. The minimum atomic E-state index is -0.439. The molecule has 0 saturated carbocycles. The molecule has 0 saturated heterocycles. The third-order valence-corrected chi connectivity index (χ3v) is 6.36. The quantitative estimate of drug-likeness (QED) is 0.410. The second-order valence-electron chi connectivity index (χ2n) is 8.05. The molecule has 0 unspecified atom stereocenters. The number of hydrogen-bond acceptors (Lipinski definition) is 6. The summed E-state index contributed by atoms with van der Waals surface area (Å²) in [4.78, 5) is 16.4. The van der Waals surface area contributed by atoms with Gasteiger partial charge in [0.25, 0.3) is 0 Å². The van der Waals surface area contributed by atoms with Crippen LogP contribution in [0.3, 0.4) is 0 Å². The molecule has 1 aromatic heterocycles. The molecule has 0 aliphatic carbocycles. The molecule has 1 N–H and O–H groups in total. The normalized spacial score (nSPS) is 18.2. The third-order valence-electron chi connectivity index (χ3n) is 6.12. The molecule has 0 amide bonds. The van der Waals surface area contributed by atoms with E-state index in [0.29, 0.717) is 16.5 Å². The lowest BCUT2D eigenvalue weighted by atomic mass is 9.84. The van der Waals surface area contributed by atoms with E-state index in [4.69, 9.17) is 21.1 Å². The van der Waals surface area contributed by atoms with E-state index >= 15 is 0 Å². The van der Waals surface area contributed by atoms with E-state index in [9.17, 15) is 4.79 Å². The van der Waals surface area contributed by atoms with Crippen LogP contribution in [-0.2, 0) is 4.74 Å². The number of fused-ring (bicyclic) bond motifs is 3. The standard InChI is InChI=1S/C26H19ClN4O3/c1-33-25(32)16-11-9-15(10-12-16)24-21-22(19-7-2-3-8-20(19)34-24)30-26-28-14-29-31(26)23(21)17-5-4-6-18(27)13-17/h2-14,23-24H,1H3,(H,28,29,30)/t23-,24-/m1/s1. The molecule has 0 bridgehead atoms. The van der Waals surface area contributed by atoms with Gasteiger partial charge in [-0.2, -0.15) is 10.1 Å². The van der Waals surface area contributed by atoms with Crippen LogP contribution in [0, 0.1) is 0 Å². The van der Waals surface area contributed by atoms with Crippen molar-refractivity contribution in [2.45, 2.75) is 12.1 Å². The number of aromatic nitrogens is 3. The zero-order valence-corrected chi connectivity index (χ0v) is 18.9. The van der Waals surface area contributed by atoms with E-state index < -0.39 is 6.10 Å². The maximum absolute atomic E-state index is 12.0. The number of rotatable bonds is 3. The summed E-state index contributed by atoms with van der Waals surface area (Å²) in [7, 11) is 1.37. The molecular formula is C26H19ClN4O3. The Morgan fingerprint density at radius 2 is 1.88 bits per heavy atom. The van der Waals surface area contributed by atoms with Crippen LogP contribution in [0.4, 0.5) is 5.95 Å². The van der Waals surface area contributed by atoms with Crippen LogP contribution >= 0.6 is 11.6 Å². The molecule has 2 atom stereocenters. The average molecular weight is 471 g/mol. The van der Waals surface area contributed by atoms with Crippen molar-refractivity contribution in [3.05, 3.63) is 112 Å². The van der Waals surface area contributed by atoms with Crippen molar-refractivity contribution in [3.8, 4) is 5.75 Å². The lowest BCUT2D eigenvalue weighted by molar-refractivity contribution is 0.0600. The second kappa shape index (κ2) is 8.04. The fraction of sp³-hybridized carbons (Fsp3) is 0.115. The molecule has 34 heavy (non-hydrogen) atoms. The van der Waals surface area contributed by atoms with Crippen molar-refractivity contribution in [1.29, 1.82) is 0 Å². The number of esters is 1. The SMILES string of the molecule is COC(=O)c1ccc([C@H]2Oc3ccccc3C3=C2[C@@H](c2cccc(Cl)c2)n2ncnc2N3)cc1. The van der Waals surface area contributed by atoms with E-state index in [0.717, 1.165) is 33.7 Å². The van der Waals surface area contributed by atoms with Crippen LogP contribution in [0.15, 0.2) is 84.7 Å². The summed E-state index contributed by atoms with van der Waals surface area (Å²) in [6.45, 7) is 0. The molecule has 0 radical (unpaired) electrons. The minimum Gasteiger partial charge on any atom is -0.480 e. The summed E-state index contributed by atoms with van der Waals surface area (Å²) in [5.41, 5.74) is 5.18. The molecule has 0 spiro atoms. The van der Waals surface area contributed by atoms with Crippen LogP contribution in [-0.4, -0.2) is 27.8 Å². The number of halogens is 1. The first kappa shape index (κ1) is 20.5. The molecule has 3 aromatic carbocycles. The predicted octanol–water partition coefficient (Wildman–Crippen LogP) is 5.28. The van der Waals surface area contributed by atoms with Crippen LogP contribution in [0.5, 0.6) is 5.75 Å². The average Bonchev–Trinajstić information content (AvgIpc) is 3.35. The number of benzene rings is 3. The highest BCUT2D eigenvalue weighted by Gasteiger charge is 2.40. The highest BCUT2D eigenvalue weighted by molar-refractivity contribution is 6.30. The monoisotopic (exact) mass is 470 g/mol. The van der Waals surface area contributed by atoms with Gasteiger partial charge < -0.3 is 14.8 Å². The van der Waals surface area contributed by atoms with Gasteiger partial charge in [0.2, 0.25) is 5.95 Å². The van der Waals surface area contributed by atoms with Crippen LogP contribution in [0.1, 0.15) is 39.2 Å². The van der Waals surface area contributed by atoms with Crippen LogP contribution < -0.4 is 10.1 Å². The van der Waals surface area contributed by atoms with E-state index in [1.165, 1.54) is 13.4 Å². The van der Waals surface area contributed by atoms with Crippen molar-refractivity contribution >= 4 is 29.2 Å². The number of ether oxygens (including phenoxy) is 2. The van der Waals surface area contributed by atoms with Gasteiger partial charge >= 0.3 is 5.97 Å². The van der Waals surface area contributed by atoms with Gasteiger partial charge in [-0.05, 0) is 47.5 Å². The summed E-state index contributed by atoms with van der Waals surface area (Å²) in [6, 6.07) is 22.6. The molecule has 168 valence electrons. The van der Waals surface area contributed by atoms with E-state index in [2.05, 4.69) is 15.4 Å². The molecule has 3 heterocycles. The van der Waals surface area contributed by atoms with Gasteiger partial charge in [0.05, 0.1) is 18.4 Å². The van der Waals surface area contributed by atoms with E-state index in [1.807, 2.05) is 65.3 Å². The summed E-state index contributed by atoms with van der Waals surface area (Å²) < 4.78 is 13.3. The van der Waals surface area contributed by atoms with Gasteiger partial charge in [0.15, 0.2) is 0 Å². The smallest absolute Gasteiger partial charge is 0.337 e.